The van der Waals surface area contributed by atoms with Gasteiger partial charge >= 0.3 is 6.03 Å². The summed E-state index contributed by atoms with van der Waals surface area (Å²) in [5, 5.41) is 2.32. The number of carbonyl (C=O) groups excluding carboxylic acids is 2. The molecule has 4 heteroatoms. The second-order valence-corrected chi connectivity index (χ2v) is 4.47. The van der Waals surface area contributed by atoms with Crippen molar-refractivity contribution in [1.29, 1.82) is 0 Å². The van der Waals surface area contributed by atoms with Gasteiger partial charge in [-0.3, -0.25) is 9.69 Å². The molecule has 0 aromatic heterocycles. The molecule has 2 aromatic rings. The first-order chi connectivity index (χ1) is 9.08. The SMILES string of the molecule is CN(C(N)=O)C(=O)CCc1ccc2ccccc2c1. The van der Waals surface area contributed by atoms with Crippen molar-refractivity contribution in [3.8, 4) is 0 Å². The molecule has 0 aliphatic carbocycles. The van der Waals surface area contributed by atoms with Crippen molar-refractivity contribution in [2.75, 3.05) is 7.05 Å². The maximum atomic E-state index is 11.6. The Bertz CT molecular complexity index is 622. The number of aryl methyl sites for hydroxylation is 1. The van der Waals surface area contributed by atoms with E-state index in [4.69, 9.17) is 5.73 Å². The highest BCUT2D eigenvalue weighted by atomic mass is 16.2. The van der Waals surface area contributed by atoms with Gasteiger partial charge in [0.25, 0.3) is 0 Å². The molecule has 0 unspecified atom stereocenters. The number of rotatable bonds is 3. The Morgan fingerprint density at radius 2 is 1.79 bits per heavy atom. The Morgan fingerprint density at radius 3 is 2.47 bits per heavy atom. The lowest BCUT2D eigenvalue weighted by Gasteiger charge is -2.12. The van der Waals surface area contributed by atoms with Crippen LogP contribution >= 0.6 is 0 Å². The van der Waals surface area contributed by atoms with E-state index in [0.717, 1.165) is 15.8 Å². The number of urea groups is 1. The fourth-order valence-electron chi connectivity index (χ4n) is 1.94. The predicted octanol–water partition coefficient (Wildman–Crippen LogP) is 2.31. The molecule has 98 valence electrons. The molecule has 2 aromatic carbocycles. The molecule has 2 rings (SSSR count). The van der Waals surface area contributed by atoms with E-state index in [9.17, 15) is 9.59 Å². The molecule has 2 N–H and O–H groups in total. The van der Waals surface area contributed by atoms with Crippen molar-refractivity contribution < 1.29 is 9.59 Å². The molecule has 0 atom stereocenters. The summed E-state index contributed by atoms with van der Waals surface area (Å²) >= 11 is 0. The smallest absolute Gasteiger partial charge is 0.321 e. The topological polar surface area (TPSA) is 63.4 Å². The number of amides is 3. The van der Waals surface area contributed by atoms with Crippen LogP contribution in [-0.2, 0) is 11.2 Å². The van der Waals surface area contributed by atoms with Gasteiger partial charge in [0.05, 0.1) is 0 Å². The van der Waals surface area contributed by atoms with Crippen LogP contribution in [0.3, 0.4) is 0 Å². The molecule has 4 nitrogen and oxygen atoms in total. The average Bonchev–Trinajstić information content (AvgIpc) is 2.43. The van der Waals surface area contributed by atoms with Gasteiger partial charge in [0.15, 0.2) is 0 Å². The Kier molecular flexibility index (Phi) is 3.80. The molecule has 0 aliphatic rings. The fourth-order valence-corrected chi connectivity index (χ4v) is 1.94. The van der Waals surface area contributed by atoms with Gasteiger partial charge < -0.3 is 5.73 Å². The summed E-state index contributed by atoms with van der Waals surface area (Å²) in [5.74, 6) is -0.263. The minimum Gasteiger partial charge on any atom is -0.351 e. The summed E-state index contributed by atoms with van der Waals surface area (Å²) in [7, 11) is 1.39. The Balaban J connectivity index is 2.06. The summed E-state index contributed by atoms with van der Waals surface area (Å²) in [6.45, 7) is 0. The zero-order chi connectivity index (χ0) is 13.8. The van der Waals surface area contributed by atoms with Crippen molar-refractivity contribution in [2.24, 2.45) is 5.73 Å². The largest absolute Gasteiger partial charge is 0.351 e. The van der Waals surface area contributed by atoms with Gasteiger partial charge in [-0.05, 0) is 22.8 Å². The number of nitrogens with zero attached hydrogens (tertiary/aromatic N) is 1. The molecule has 0 aliphatic heterocycles. The van der Waals surface area contributed by atoms with Crippen LogP contribution in [0.1, 0.15) is 12.0 Å². The van der Waals surface area contributed by atoms with Gasteiger partial charge in [-0.1, -0.05) is 42.5 Å². The third-order valence-electron chi connectivity index (χ3n) is 3.15. The second-order valence-electron chi connectivity index (χ2n) is 4.47. The van der Waals surface area contributed by atoms with Crippen LogP contribution in [0.15, 0.2) is 42.5 Å². The highest BCUT2D eigenvalue weighted by Crippen LogP contribution is 2.16. The van der Waals surface area contributed by atoms with Gasteiger partial charge in [-0.2, -0.15) is 0 Å². The summed E-state index contributed by atoms with van der Waals surface area (Å²) in [4.78, 5) is 23.4. The van der Waals surface area contributed by atoms with Crippen LogP contribution in [0.2, 0.25) is 0 Å². The van der Waals surface area contributed by atoms with E-state index in [2.05, 4.69) is 6.07 Å². The number of hydrogen-bond acceptors (Lipinski definition) is 2. The molecular weight excluding hydrogens is 240 g/mol. The maximum Gasteiger partial charge on any atom is 0.321 e. The molecule has 0 heterocycles. The number of primary amides is 1. The van der Waals surface area contributed by atoms with Crippen LogP contribution in [0, 0.1) is 0 Å². The van der Waals surface area contributed by atoms with Crippen LogP contribution in [0.5, 0.6) is 0 Å². The van der Waals surface area contributed by atoms with E-state index in [1.54, 1.807) is 0 Å². The van der Waals surface area contributed by atoms with Crippen LogP contribution < -0.4 is 5.73 Å². The minimum absolute atomic E-state index is 0.263. The van der Waals surface area contributed by atoms with E-state index in [-0.39, 0.29) is 12.3 Å². The van der Waals surface area contributed by atoms with Crippen molar-refractivity contribution in [3.05, 3.63) is 48.0 Å². The zero-order valence-electron chi connectivity index (χ0n) is 10.8. The molecule has 3 amide bonds. The summed E-state index contributed by atoms with van der Waals surface area (Å²) in [5.41, 5.74) is 6.12. The number of imide groups is 1. The molecule has 0 radical (unpaired) electrons. The average molecular weight is 256 g/mol. The van der Waals surface area contributed by atoms with Crippen molar-refractivity contribution in [2.45, 2.75) is 12.8 Å². The van der Waals surface area contributed by atoms with Gasteiger partial charge in [-0.25, -0.2) is 4.79 Å². The quantitative estimate of drug-likeness (QED) is 0.915. The number of hydrogen-bond donors (Lipinski definition) is 1. The lowest BCUT2D eigenvalue weighted by molar-refractivity contribution is -0.127. The molecule has 0 saturated heterocycles. The molecule has 19 heavy (non-hydrogen) atoms. The third kappa shape index (κ3) is 3.10. The van der Waals surface area contributed by atoms with E-state index in [0.29, 0.717) is 6.42 Å². The van der Waals surface area contributed by atoms with Gasteiger partial charge in [0, 0.05) is 13.5 Å². The van der Waals surface area contributed by atoms with Gasteiger partial charge in [-0.15, -0.1) is 0 Å². The standard InChI is InChI=1S/C15H16N2O2/c1-17(15(16)19)14(18)9-7-11-6-8-12-4-2-3-5-13(12)10-11/h2-6,8,10H,7,9H2,1H3,(H2,16,19). The Morgan fingerprint density at radius 1 is 1.11 bits per heavy atom. The molecule has 0 saturated carbocycles. The number of benzene rings is 2. The number of carbonyl (C=O) groups is 2. The van der Waals surface area contributed by atoms with Gasteiger partial charge in [0.1, 0.15) is 0 Å². The highest BCUT2D eigenvalue weighted by Gasteiger charge is 2.12. The summed E-state index contributed by atoms with van der Waals surface area (Å²) in [6.07, 6.45) is 0.874. The van der Waals surface area contributed by atoms with Crippen LogP contribution in [-0.4, -0.2) is 23.9 Å². The van der Waals surface area contributed by atoms with E-state index in [1.807, 2.05) is 36.4 Å². The molecule has 0 spiro atoms. The molecule has 0 fully saturated rings. The highest BCUT2D eigenvalue weighted by molar-refractivity contribution is 5.93. The van der Waals surface area contributed by atoms with Crippen LogP contribution in [0.4, 0.5) is 4.79 Å². The first-order valence-corrected chi connectivity index (χ1v) is 6.11. The summed E-state index contributed by atoms with van der Waals surface area (Å²) < 4.78 is 0. The maximum absolute atomic E-state index is 11.6. The van der Waals surface area contributed by atoms with Crippen LogP contribution in [0.25, 0.3) is 10.8 Å². The predicted molar refractivity (Wildman–Crippen MR) is 74.6 cm³/mol. The monoisotopic (exact) mass is 256 g/mol. The third-order valence-corrected chi connectivity index (χ3v) is 3.15. The molecule has 0 bridgehead atoms. The first-order valence-electron chi connectivity index (χ1n) is 6.11. The Hall–Kier alpha value is -2.36. The van der Waals surface area contributed by atoms with E-state index in [1.165, 1.54) is 12.4 Å². The number of nitrogens with two attached hydrogens (primary N) is 1. The Labute approximate surface area is 111 Å². The van der Waals surface area contributed by atoms with Crippen molar-refractivity contribution >= 4 is 22.7 Å². The van der Waals surface area contributed by atoms with Gasteiger partial charge in [0.2, 0.25) is 5.91 Å². The minimum atomic E-state index is -0.719. The normalized spacial score (nSPS) is 10.4. The fraction of sp³-hybridized carbons (Fsp3) is 0.200. The van der Waals surface area contributed by atoms with Crippen molar-refractivity contribution in [3.63, 3.8) is 0 Å². The van der Waals surface area contributed by atoms with Crippen molar-refractivity contribution in [1.82, 2.24) is 4.90 Å². The zero-order valence-corrected chi connectivity index (χ0v) is 10.8. The second kappa shape index (κ2) is 5.52. The van der Waals surface area contributed by atoms with E-state index >= 15 is 0 Å². The van der Waals surface area contributed by atoms with E-state index < -0.39 is 6.03 Å². The lowest BCUT2D eigenvalue weighted by Crippen LogP contribution is -2.37. The molecular formula is C15H16N2O2. The summed E-state index contributed by atoms with van der Waals surface area (Å²) in [6, 6.07) is 13.4. The number of fused-ring (bicyclic) bond motifs is 1. The lowest BCUT2D eigenvalue weighted by atomic mass is 10.0. The first kappa shape index (κ1) is 13.1.